The number of amides is 1. The fourth-order valence-corrected chi connectivity index (χ4v) is 5.05. The molecule has 172 valence electrons. The smallest absolute Gasteiger partial charge is 0.261 e. The molecule has 0 heterocycles. The van der Waals surface area contributed by atoms with Crippen LogP contribution in [0.25, 0.3) is 0 Å². The van der Waals surface area contributed by atoms with Crippen LogP contribution in [0.15, 0.2) is 108 Å². The van der Waals surface area contributed by atoms with E-state index in [1.165, 1.54) is 12.1 Å². The van der Waals surface area contributed by atoms with Gasteiger partial charge in [-0.25, -0.2) is 8.42 Å². The largest absolute Gasteiger partial charge is 0.341 e. The molecule has 0 aliphatic heterocycles. The van der Waals surface area contributed by atoms with Gasteiger partial charge in [-0.3, -0.25) is 9.52 Å². The Morgan fingerprint density at radius 2 is 1.35 bits per heavy atom. The fraction of sp³-hybridized carbons (Fsp3) is 0.107. The van der Waals surface area contributed by atoms with Crippen molar-refractivity contribution in [3.05, 3.63) is 131 Å². The van der Waals surface area contributed by atoms with Crippen LogP contribution < -0.4 is 10.0 Å². The van der Waals surface area contributed by atoms with E-state index in [-0.39, 0.29) is 16.8 Å². The highest BCUT2D eigenvalue weighted by atomic mass is 32.2. The standard InChI is InChI=1S/C28H26N2O3S/c1-20-12-9-10-17-24(20)27(22-13-5-3-6-14-22)29-28(31)25-18-11-19-26(21(25)2)30-34(32,33)23-15-7-4-8-16-23/h3-19,27,30H,1-2H3,(H,29,31)/t27-/m0/s1. The summed E-state index contributed by atoms with van der Waals surface area (Å²) < 4.78 is 28.2. The molecule has 0 saturated heterocycles. The highest BCUT2D eigenvalue weighted by Gasteiger charge is 2.22. The van der Waals surface area contributed by atoms with Crippen LogP contribution in [0.2, 0.25) is 0 Å². The number of carbonyl (C=O) groups is 1. The van der Waals surface area contributed by atoms with Crippen LogP contribution in [0.5, 0.6) is 0 Å². The first-order chi connectivity index (χ1) is 16.4. The Morgan fingerprint density at radius 1 is 0.735 bits per heavy atom. The van der Waals surface area contributed by atoms with E-state index in [9.17, 15) is 13.2 Å². The Hall–Kier alpha value is -3.90. The summed E-state index contributed by atoms with van der Waals surface area (Å²) in [6.07, 6.45) is 0. The van der Waals surface area contributed by atoms with Gasteiger partial charge in [0.25, 0.3) is 15.9 Å². The maximum atomic E-state index is 13.4. The predicted molar refractivity (Wildman–Crippen MR) is 135 cm³/mol. The predicted octanol–water partition coefficient (Wildman–Crippen LogP) is 5.62. The molecule has 6 heteroatoms. The number of rotatable bonds is 7. The third-order valence-electron chi connectivity index (χ3n) is 5.78. The molecule has 1 atom stereocenters. The van der Waals surface area contributed by atoms with Crippen LogP contribution >= 0.6 is 0 Å². The summed E-state index contributed by atoms with van der Waals surface area (Å²) in [4.78, 5) is 13.6. The zero-order chi connectivity index (χ0) is 24.1. The van der Waals surface area contributed by atoms with E-state index in [2.05, 4.69) is 10.0 Å². The average molecular weight is 471 g/mol. The molecule has 0 fully saturated rings. The molecule has 4 aromatic carbocycles. The van der Waals surface area contributed by atoms with Crippen molar-refractivity contribution < 1.29 is 13.2 Å². The van der Waals surface area contributed by atoms with Gasteiger partial charge in [-0.2, -0.15) is 0 Å². The third kappa shape index (κ3) is 5.02. The van der Waals surface area contributed by atoms with Gasteiger partial charge in [0.1, 0.15) is 0 Å². The first-order valence-electron chi connectivity index (χ1n) is 11.0. The topological polar surface area (TPSA) is 75.3 Å². The van der Waals surface area contributed by atoms with E-state index in [0.717, 1.165) is 16.7 Å². The van der Waals surface area contributed by atoms with Gasteiger partial charge in [0.15, 0.2) is 0 Å². The minimum Gasteiger partial charge on any atom is -0.341 e. The molecular formula is C28H26N2O3S. The first kappa shape index (κ1) is 23.3. The highest BCUT2D eigenvalue weighted by molar-refractivity contribution is 7.92. The molecule has 4 aromatic rings. The van der Waals surface area contributed by atoms with Gasteiger partial charge in [-0.1, -0.05) is 78.9 Å². The van der Waals surface area contributed by atoms with Crippen molar-refractivity contribution in [2.45, 2.75) is 24.8 Å². The van der Waals surface area contributed by atoms with Crippen molar-refractivity contribution in [2.75, 3.05) is 4.72 Å². The van der Waals surface area contributed by atoms with Gasteiger partial charge in [-0.05, 0) is 60.4 Å². The molecule has 1 amide bonds. The van der Waals surface area contributed by atoms with Gasteiger partial charge in [0.05, 0.1) is 16.6 Å². The molecule has 0 bridgehead atoms. The summed E-state index contributed by atoms with van der Waals surface area (Å²) in [5.74, 6) is -0.282. The van der Waals surface area contributed by atoms with Crippen molar-refractivity contribution in [2.24, 2.45) is 0 Å². The van der Waals surface area contributed by atoms with Gasteiger partial charge in [0, 0.05) is 5.56 Å². The molecule has 0 aromatic heterocycles. The highest BCUT2D eigenvalue weighted by Crippen LogP contribution is 2.27. The zero-order valence-corrected chi connectivity index (χ0v) is 19.8. The molecule has 5 nitrogen and oxygen atoms in total. The number of carbonyl (C=O) groups excluding carboxylic acids is 1. The van der Waals surface area contributed by atoms with Crippen molar-refractivity contribution >= 4 is 21.6 Å². The summed E-state index contributed by atoms with van der Waals surface area (Å²) in [6, 6.07) is 30.6. The summed E-state index contributed by atoms with van der Waals surface area (Å²) in [5, 5.41) is 3.15. The molecule has 4 rings (SSSR count). The van der Waals surface area contributed by atoms with Crippen LogP contribution in [0.3, 0.4) is 0 Å². The van der Waals surface area contributed by atoms with Crippen LogP contribution in [0, 0.1) is 13.8 Å². The van der Waals surface area contributed by atoms with Crippen LogP contribution in [0.1, 0.15) is 38.7 Å². The Morgan fingerprint density at radius 3 is 2.03 bits per heavy atom. The van der Waals surface area contributed by atoms with Crippen molar-refractivity contribution in [3.8, 4) is 0 Å². The van der Waals surface area contributed by atoms with Crippen molar-refractivity contribution in [1.82, 2.24) is 5.32 Å². The molecule has 0 unspecified atom stereocenters. The fourth-order valence-electron chi connectivity index (χ4n) is 3.90. The summed E-state index contributed by atoms with van der Waals surface area (Å²) in [5.41, 5.74) is 4.35. The van der Waals surface area contributed by atoms with Gasteiger partial charge < -0.3 is 5.32 Å². The second-order valence-electron chi connectivity index (χ2n) is 8.07. The van der Waals surface area contributed by atoms with E-state index < -0.39 is 10.0 Å². The monoisotopic (exact) mass is 470 g/mol. The Balaban J connectivity index is 1.65. The number of benzene rings is 4. The summed E-state index contributed by atoms with van der Waals surface area (Å²) in [6.45, 7) is 3.75. The lowest BCUT2D eigenvalue weighted by atomic mass is 9.94. The average Bonchev–Trinajstić information content (AvgIpc) is 2.85. The number of sulfonamides is 1. The lowest BCUT2D eigenvalue weighted by Gasteiger charge is -2.22. The summed E-state index contributed by atoms with van der Waals surface area (Å²) in [7, 11) is -3.77. The lowest BCUT2D eigenvalue weighted by Crippen LogP contribution is -2.30. The number of anilines is 1. The minimum atomic E-state index is -3.77. The zero-order valence-electron chi connectivity index (χ0n) is 19.0. The minimum absolute atomic E-state index is 0.160. The van der Waals surface area contributed by atoms with Gasteiger partial charge in [-0.15, -0.1) is 0 Å². The summed E-state index contributed by atoms with van der Waals surface area (Å²) >= 11 is 0. The molecule has 0 aliphatic rings. The van der Waals surface area contributed by atoms with Crippen LogP contribution in [-0.2, 0) is 10.0 Å². The van der Waals surface area contributed by atoms with E-state index in [4.69, 9.17) is 0 Å². The van der Waals surface area contributed by atoms with E-state index in [1.807, 2.05) is 61.5 Å². The van der Waals surface area contributed by atoms with Crippen molar-refractivity contribution in [3.63, 3.8) is 0 Å². The van der Waals surface area contributed by atoms with Gasteiger partial charge >= 0.3 is 0 Å². The maximum absolute atomic E-state index is 13.4. The Labute approximate surface area is 200 Å². The van der Waals surface area contributed by atoms with Crippen molar-refractivity contribution in [1.29, 1.82) is 0 Å². The van der Waals surface area contributed by atoms with Gasteiger partial charge in [0.2, 0.25) is 0 Å². The van der Waals surface area contributed by atoms with E-state index in [1.54, 1.807) is 43.3 Å². The Kier molecular flexibility index (Phi) is 6.80. The first-order valence-corrected chi connectivity index (χ1v) is 12.4. The van der Waals surface area contributed by atoms with Crippen LogP contribution in [0.4, 0.5) is 5.69 Å². The second kappa shape index (κ2) is 9.93. The quantitative estimate of drug-likeness (QED) is 0.368. The molecule has 0 saturated carbocycles. The van der Waals surface area contributed by atoms with E-state index in [0.29, 0.717) is 16.8 Å². The number of hydrogen-bond acceptors (Lipinski definition) is 3. The SMILES string of the molecule is Cc1ccccc1[C@@H](NC(=O)c1cccc(NS(=O)(=O)c2ccccc2)c1C)c1ccccc1. The molecule has 0 spiro atoms. The lowest BCUT2D eigenvalue weighted by molar-refractivity contribution is 0.0942. The van der Waals surface area contributed by atoms with Crippen LogP contribution in [-0.4, -0.2) is 14.3 Å². The molecule has 0 radical (unpaired) electrons. The maximum Gasteiger partial charge on any atom is 0.261 e. The molecule has 2 N–H and O–H groups in total. The van der Waals surface area contributed by atoms with E-state index >= 15 is 0 Å². The molecular weight excluding hydrogens is 444 g/mol. The third-order valence-corrected chi connectivity index (χ3v) is 7.17. The normalized spacial score (nSPS) is 12.1. The number of aryl methyl sites for hydroxylation is 1. The number of nitrogens with one attached hydrogen (secondary N) is 2. The Bertz CT molecular complexity index is 1400. The second-order valence-corrected chi connectivity index (χ2v) is 9.75. The molecule has 34 heavy (non-hydrogen) atoms. The molecule has 0 aliphatic carbocycles. The number of hydrogen-bond donors (Lipinski definition) is 2.